The van der Waals surface area contributed by atoms with Crippen molar-refractivity contribution in [3.8, 4) is 0 Å². The van der Waals surface area contributed by atoms with Crippen LogP contribution in [0.2, 0.25) is 0 Å². The maximum atomic E-state index is 11.1. The maximum Gasteiger partial charge on any atom is 0.394 e. The smallest absolute Gasteiger partial charge is 0.394 e. The first kappa shape index (κ1) is 15.2. The van der Waals surface area contributed by atoms with Crippen molar-refractivity contribution in [2.45, 2.75) is 0 Å². The Balaban J connectivity index is 3.68. The first-order valence-electron chi connectivity index (χ1n) is 4.67. The number of aliphatic carboxylic acids is 1. The monoisotopic (exact) mass is 263 g/mol. The molecule has 0 atom stereocenters. The van der Waals surface area contributed by atoms with Crippen molar-refractivity contribution in [3.63, 3.8) is 0 Å². The molecule has 0 saturated carbocycles. The van der Waals surface area contributed by atoms with Crippen LogP contribution in [0, 0.1) is 0 Å². The predicted octanol–water partition coefficient (Wildman–Crippen LogP) is -2.65. The molecule has 0 bridgehead atoms. The van der Waals surface area contributed by atoms with Crippen molar-refractivity contribution in [1.82, 2.24) is 16.0 Å². The summed E-state index contributed by atoms with van der Waals surface area (Å²) in [5.74, 6) is -4.02. The highest BCUT2D eigenvalue weighted by Crippen LogP contribution is 1.72. The third kappa shape index (κ3) is 7.17. The minimum absolute atomic E-state index is 0.0356. The van der Waals surface area contributed by atoms with E-state index in [-0.39, 0.29) is 19.6 Å². The van der Waals surface area contributed by atoms with Crippen LogP contribution in [-0.2, 0) is 19.2 Å². The fourth-order valence-corrected chi connectivity index (χ4v) is 0.869. The summed E-state index contributed by atoms with van der Waals surface area (Å²) in [5.41, 5.74) is 0. The summed E-state index contributed by atoms with van der Waals surface area (Å²) in [5, 5.41) is 14.7. The molecule has 0 heterocycles. The van der Waals surface area contributed by atoms with Gasteiger partial charge in [-0.1, -0.05) is 0 Å². The van der Waals surface area contributed by atoms with E-state index in [2.05, 4.69) is 23.3 Å². The molecule has 0 aromatic heterocycles. The molecule has 17 heavy (non-hydrogen) atoms. The van der Waals surface area contributed by atoms with Crippen LogP contribution < -0.4 is 16.0 Å². The van der Waals surface area contributed by atoms with Gasteiger partial charge >= 0.3 is 23.7 Å². The number of thiol groups is 1. The van der Waals surface area contributed by atoms with Crippen LogP contribution in [0.1, 0.15) is 0 Å². The Hall–Kier alpha value is -1.77. The molecule has 0 fully saturated rings. The first-order chi connectivity index (χ1) is 7.99. The maximum absolute atomic E-state index is 11.1. The normalized spacial score (nSPS) is 9.24. The highest BCUT2D eigenvalue weighted by molar-refractivity contribution is 7.80. The summed E-state index contributed by atoms with van der Waals surface area (Å²) in [4.78, 5) is 42.7. The molecule has 0 saturated heterocycles. The van der Waals surface area contributed by atoms with Gasteiger partial charge in [-0.25, -0.2) is 4.79 Å². The van der Waals surface area contributed by atoms with Crippen LogP contribution in [0.15, 0.2) is 0 Å². The molecule has 0 rings (SSSR count). The molecule has 0 aromatic rings. The van der Waals surface area contributed by atoms with E-state index in [0.717, 1.165) is 0 Å². The minimum Gasteiger partial charge on any atom is -0.474 e. The van der Waals surface area contributed by atoms with Crippen LogP contribution in [-0.4, -0.2) is 54.2 Å². The summed E-state index contributed by atoms with van der Waals surface area (Å²) in [7, 11) is 0. The van der Waals surface area contributed by atoms with Crippen LogP contribution in [0.25, 0.3) is 0 Å². The second kappa shape index (κ2) is 8.39. The average molecular weight is 263 g/mol. The lowest BCUT2D eigenvalue weighted by molar-refractivity contribution is -0.150. The lowest BCUT2D eigenvalue weighted by Gasteiger charge is -2.05. The summed E-state index contributed by atoms with van der Waals surface area (Å²) in [6.45, 7) is 0.161. The number of hydrogen-bond acceptors (Lipinski definition) is 5. The van der Waals surface area contributed by atoms with Gasteiger partial charge in [0.1, 0.15) is 0 Å². The average Bonchev–Trinajstić information content (AvgIpc) is 2.30. The van der Waals surface area contributed by atoms with E-state index in [9.17, 15) is 19.2 Å². The van der Waals surface area contributed by atoms with Gasteiger partial charge in [0.05, 0.1) is 0 Å². The van der Waals surface area contributed by atoms with Crippen molar-refractivity contribution in [3.05, 3.63) is 0 Å². The molecule has 8 nitrogen and oxygen atoms in total. The number of carbonyl (C=O) groups excluding carboxylic acids is 3. The molecule has 9 heteroatoms. The minimum atomic E-state index is -1.61. The third-order valence-electron chi connectivity index (χ3n) is 1.49. The Morgan fingerprint density at radius 2 is 1.24 bits per heavy atom. The number of carboxylic acids is 1. The van der Waals surface area contributed by atoms with Crippen molar-refractivity contribution in [2.24, 2.45) is 0 Å². The van der Waals surface area contributed by atoms with E-state index in [4.69, 9.17) is 5.11 Å². The van der Waals surface area contributed by atoms with E-state index in [1.165, 1.54) is 0 Å². The molecule has 0 aromatic carbocycles. The van der Waals surface area contributed by atoms with E-state index in [1.54, 1.807) is 0 Å². The highest BCUT2D eigenvalue weighted by Gasteiger charge is 2.12. The summed E-state index contributed by atoms with van der Waals surface area (Å²) in [6.07, 6.45) is 0. The molecule has 0 aliphatic rings. The molecular weight excluding hydrogens is 250 g/mol. The van der Waals surface area contributed by atoms with Gasteiger partial charge in [-0.2, -0.15) is 12.6 Å². The van der Waals surface area contributed by atoms with Crippen molar-refractivity contribution >= 4 is 36.3 Å². The van der Waals surface area contributed by atoms with Gasteiger partial charge in [-0.3, -0.25) is 14.4 Å². The third-order valence-corrected chi connectivity index (χ3v) is 1.72. The van der Waals surface area contributed by atoms with Crippen LogP contribution >= 0.6 is 12.6 Å². The van der Waals surface area contributed by atoms with Gasteiger partial charge in [-0.15, -0.1) is 0 Å². The van der Waals surface area contributed by atoms with Gasteiger partial charge in [0, 0.05) is 25.4 Å². The van der Waals surface area contributed by atoms with E-state index in [1.807, 2.05) is 5.32 Å². The number of carboxylic acid groups (broad SMARTS) is 1. The van der Waals surface area contributed by atoms with Crippen molar-refractivity contribution in [2.75, 3.05) is 25.4 Å². The topological polar surface area (TPSA) is 125 Å². The lowest BCUT2D eigenvalue weighted by atomic mass is 10.5. The van der Waals surface area contributed by atoms with Gasteiger partial charge in [-0.05, 0) is 0 Å². The van der Waals surface area contributed by atoms with Crippen molar-refractivity contribution < 1.29 is 24.3 Å². The SMILES string of the molecule is O=C(O)C(=O)NCCNC(=O)C(=O)NCCS. The zero-order valence-electron chi connectivity index (χ0n) is 8.86. The Kier molecular flexibility index (Phi) is 7.52. The second-order valence-electron chi connectivity index (χ2n) is 2.80. The van der Waals surface area contributed by atoms with Gasteiger partial charge in [0.2, 0.25) is 0 Å². The first-order valence-corrected chi connectivity index (χ1v) is 5.30. The molecule has 3 amide bonds. The van der Waals surface area contributed by atoms with Gasteiger partial charge in [0.15, 0.2) is 0 Å². The van der Waals surface area contributed by atoms with Crippen LogP contribution in [0.5, 0.6) is 0 Å². The summed E-state index contributed by atoms with van der Waals surface area (Å²) in [6, 6.07) is 0. The fourth-order valence-electron chi connectivity index (χ4n) is 0.758. The molecule has 96 valence electrons. The van der Waals surface area contributed by atoms with Crippen LogP contribution in [0.4, 0.5) is 0 Å². The summed E-state index contributed by atoms with van der Waals surface area (Å²) < 4.78 is 0. The van der Waals surface area contributed by atoms with Gasteiger partial charge < -0.3 is 21.1 Å². The Bertz CT molecular complexity index is 320. The number of hydrogen-bond donors (Lipinski definition) is 5. The number of nitrogens with one attached hydrogen (secondary N) is 3. The molecule has 4 N–H and O–H groups in total. The van der Waals surface area contributed by atoms with Gasteiger partial charge in [0.25, 0.3) is 0 Å². The molecular formula is C8H13N3O5S. The van der Waals surface area contributed by atoms with E-state index in [0.29, 0.717) is 5.75 Å². The number of rotatable bonds is 5. The molecule has 0 radical (unpaired) electrons. The predicted molar refractivity (Wildman–Crippen MR) is 60.5 cm³/mol. The van der Waals surface area contributed by atoms with E-state index >= 15 is 0 Å². The zero-order chi connectivity index (χ0) is 13.3. The Labute approximate surface area is 103 Å². The molecule has 0 aliphatic heterocycles. The molecule has 0 spiro atoms. The highest BCUT2D eigenvalue weighted by atomic mass is 32.1. The standard InChI is InChI=1S/C8H13N3O5S/c12-5(6(13)11-3-4-17)9-1-2-10-7(14)8(15)16/h17H,1-4H2,(H,9,12)(H,10,14)(H,11,13)(H,15,16). The number of amides is 3. The number of carbonyl (C=O) groups is 4. The zero-order valence-corrected chi connectivity index (χ0v) is 9.75. The Morgan fingerprint density at radius 1 is 0.824 bits per heavy atom. The van der Waals surface area contributed by atoms with Crippen LogP contribution in [0.3, 0.4) is 0 Å². The summed E-state index contributed by atoms with van der Waals surface area (Å²) >= 11 is 3.84. The molecule has 0 aliphatic carbocycles. The fraction of sp³-hybridized carbons (Fsp3) is 0.500. The Morgan fingerprint density at radius 3 is 1.65 bits per heavy atom. The largest absolute Gasteiger partial charge is 0.474 e. The van der Waals surface area contributed by atoms with Crippen molar-refractivity contribution in [1.29, 1.82) is 0 Å². The second-order valence-corrected chi connectivity index (χ2v) is 3.24. The lowest BCUT2D eigenvalue weighted by Crippen LogP contribution is -2.44. The molecule has 0 unspecified atom stereocenters. The quantitative estimate of drug-likeness (QED) is 0.210. The van der Waals surface area contributed by atoms with E-state index < -0.39 is 23.7 Å².